The lowest BCUT2D eigenvalue weighted by Crippen LogP contribution is -2.04. The van der Waals surface area contributed by atoms with E-state index in [1.807, 2.05) is 0 Å². The highest BCUT2D eigenvalue weighted by atomic mass is 19.4. The molecule has 0 amide bonds. The van der Waals surface area contributed by atoms with Gasteiger partial charge in [-0.2, -0.15) is 26.3 Å². The highest BCUT2D eigenvalue weighted by molar-refractivity contribution is 5.69. The van der Waals surface area contributed by atoms with Crippen LogP contribution in [0.5, 0.6) is 0 Å². The topological polar surface area (TPSA) is 51.6 Å². The van der Waals surface area contributed by atoms with Crippen molar-refractivity contribution < 1.29 is 26.3 Å². The van der Waals surface area contributed by atoms with E-state index in [0.29, 0.717) is 22.3 Å². The van der Waals surface area contributed by atoms with Crippen LogP contribution < -0.4 is 0 Å². The molecule has 1 heterocycles. The van der Waals surface area contributed by atoms with Crippen molar-refractivity contribution in [1.82, 2.24) is 20.4 Å². The Kier molecular flexibility index (Phi) is 6.40. The van der Waals surface area contributed by atoms with Crippen LogP contribution in [0.4, 0.5) is 26.3 Å². The third-order valence-corrected chi connectivity index (χ3v) is 5.86. The van der Waals surface area contributed by atoms with Crippen LogP contribution in [-0.2, 0) is 12.4 Å². The van der Waals surface area contributed by atoms with Crippen molar-refractivity contribution in [3.05, 3.63) is 108 Å². The Morgan fingerprint density at radius 1 is 0.316 bits per heavy atom. The molecule has 0 aliphatic heterocycles. The lowest BCUT2D eigenvalue weighted by Gasteiger charge is -2.08. The number of benzene rings is 4. The average Bonchev–Trinajstić information content (AvgIpc) is 2.93. The van der Waals surface area contributed by atoms with Crippen LogP contribution in [0.3, 0.4) is 0 Å². The number of nitrogens with zero attached hydrogens (tertiary/aromatic N) is 4. The molecule has 0 radical (unpaired) electrons. The van der Waals surface area contributed by atoms with E-state index in [-0.39, 0.29) is 11.6 Å². The zero-order chi connectivity index (χ0) is 26.9. The number of rotatable bonds is 4. The molecule has 0 saturated heterocycles. The van der Waals surface area contributed by atoms with Gasteiger partial charge in [-0.05, 0) is 46.5 Å². The van der Waals surface area contributed by atoms with E-state index < -0.39 is 23.5 Å². The molecule has 0 aliphatic carbocycles. The molecule has 0 unspecified atom stereocenters. The van der Waals surface area contributed by atoms with E-state index in [2.05, 4.69) is 20.4 Å². The van der Waals surface area contributed by atoms with Gasteiger partial charge in [0.25, 0.3) is 0 Å². The second kappa shape index (κ2) is 9.70. The predicted molar refractivity (Wildman–Crippen MR) is 129 cm³/mol. The Labute approximate surface area is 212 Å². The zero-order valence-corrected chi connectivity index (χ0v) is 19.3. The van der Waals surface area contributed by atoms with Crippen LogP contribution >= 0.6 is 0 Å². The number of hydrogen-bond donors (Lipinski definition) is 0. The Hall–Kier alpha value is -4.60. The summed E-state index contributed by atoms with van der Waals surface area (Å²) in [7, 11) is 0. The highest BCUT2D eigenvalue weighted by Gasteiger charge is 2.30. The normalized spacial score (nSPS) is 11.9. The summed E-state index contributed by atoms with van der Waals surface area (Å²) in [5.41, 5.74) is 2.57. The third kappa shape index (κ3) is 5.39. The molecular formula is C28H16F6N4. The molecule has 1 aromatic heterocycles. The quantitative estimate of drug-likeness (QED) is 0.225. The van der Waals surface area contributed by atoms with Crippen LogP contribution in [0.25, 0.3) is 45.0 Å². The largest absolute Gasteiger partial charge is 0.416 e. The molecule has 0 aliphatic rings. The Morgan fingerprint density at radius 2 is 0.526 bits per heavy atom. The molecule has 0 bridgehead atoms. The molecule has 0 N–H and O–H groups in total. The Balaban J connectivity index is 1.29. The van der Waals surface area contributed by atoms with E-state index in [1.54, 1.807) is 48.5 Å². The maximum Gasteiger partial charge on any atom is 0.416 e. The van der Waals surface area contributed by atoms with Crippen LogP contribution in [0.15, 0.2) is 97.1 Å². The summed E-state index contributed by atoms with van der Waals surface area (Å²) in [5, 5.41) is 16.5. The van der Waals surface area contributed by atoms with Crippen molar-refractivity contribution in [2.45, 2.75) is 12.4 Å². The maximum atomic E-state index is 12.8. The van der Waals surface area contributed by atoms with Gasteiger partial charge < -0.3 is 0 Å². The predicted octanol–water partition coefficient (Wildman–Crippen LogP) is 7.97. The molecule has 0 spiro atoms. The number of aromatic nitrogens is 4. The van der Waals surface area contributed by atoms with E-state index in [1.165, 1.54) is 24.3 Å². The van der Waals surface area contributed by atoms with Gasteiger partial charge in [0, 0.05) is 11.1 Å². The molecule has 0 atom stereocenters. The molecule has 190 valence electrons. The molecule has 10 heteroatoms. The minimum Gasteiger partial charge on any atom is -0.166 e. The lowest BCUT2D eigenvalue weighted by atomic mass is 10.0. The minimum absolute atomic E-state index is 0.272. The fraction of sp³-hybridized carbons (Fsp3) is 0.0714. The first-order valence-corrected chi connectivity index (χ1v) is 11.2. The van der Waals surface area contributed by atoms with Crippen molar-refractivity contribution in [3.63, 3.8) is 0 Å². The van der Waals surface area contributed by atoms with E-state index in [9.17, 15) is 26.3 Å². The van der Waals surface area contributed by atoms with Crippen LogP contribution in [0, 0.1) is 0 Å². The van der Waals surface area contributed by atoms with Crippen molar-refractivity contribution in [2.75, 3.05) is 0 Å². The number of alkyl halides is 6. The van der Waals surface area contributed by atoms with Crippen molar-refractivity contribution in [2.24, 2.45) is 0 Å². The summed E-state index contributed by atoms with van der Waals surface area (Å²) in [6.45, 7) is 0. The van der Waals surface area contributed by atoms with Crippen molar-refractivity contribution in [3.8, 4) is 45.0 Å². The summed E-state index contributed by atoms with van der Waals surface area (Å²) in [6, 6.07) is 23.7. The Morgan fingerprint density at radius 3 is 0.763 bits per heavy atom. The third-order valence-electron chi connectivity index (χ3n) is 5.86. The molecule has 0 fully saturated rings. The number of halogens is 6. The highest BCUT2D eigenvalue weighted by Crippen LogP contribution is 2.32. The maximum absolute atomic E-state index is 12.8. The van der Waals surface area contributed by atoms with Gasteiger partial charge in [0.2, 0.25) is 11.6 Å². The molecular weight excluding hydrogens is 506 g/mol. The molecule has 38 heavy (non-hydrogen) atoms. The van der Waals surface area contributed by atoms with E-state index >= 15 is 0 Å². The molecule has 0 saturated carbocycles. The van der Waals surface area contributed by atoms with Gasteiger partial charge in [-0.15, -0.1) is 20.4 Å². The smallest absolute Gasteiger partial charge is 0.166 e. The Bertz CT molecular complexity index is 1410. The van der Waals surface area contributed by atoms with Crippen molar-refractivity contribution >= 4 is 0 Å². The molecule has 4 aromatic carbocycles. The van der Waals surface area contributed by atoms with Gasteiger partial charge in [-0.1, -0.05) is 72.8 Å². The summed E-state index contributed by atoms with van der Waals surface area (Å²) in [5.74, 6) is 0.545. The first kappa shape index (κ1) is 25.1. The fourth-order valence-electron chi connectivity index (χ4n) is 3.79. The standard InChI is InChI=1S/C28H16F6N4/c29-27(30,31)23-13-9-19(10-14-23)17-1-5-21(6-2-17)25-35-37-26(38-36-25)22-7-3-18(4-8-22)20-11-15-24(16-12-20)28(32,33)34/h1-16H. The van der Waals surface area contributed by atoms with Gasteiger partial charge in [-0.3, -0.25) is 0 Å². The summed E-state index contributed by atoms with van der Waals surface area (Å²) in [6.07, 6.45) is -8.78. The van der Waals surface area contributed by atoms with Crippen molar-refractivity contribution in [1.29, 1.82) is 0 Å². The molecule has 4 nitrogen and oxygen atoms in total. The zero-order valence-electron chi connectivity index (χ0n) is 19.3. The molecule has 5 rings (SSSR count). The van der Waals surface area contributed by atoms with Crippen LogP contribution in [0.2, 0.25) is 0 Å². The minimum atomic E-state index is -4.39. The van der Waals surface area contributed by atoms with E-state index in [0.717, 1.165) is 35.4 Å². The summed E-state index contributed by atoms with van der Waals surface area (Å²) in [4.78, 5) is 0. The summed E-state index contributed by atoms with van der Waals surface area (Å²) >= 11 is 0. The SMILES string of the molecule is FC(F)(F)c1ccc(-c2ccc(-c3nnc(-c4ccc(-c5ccc(C(F)(F)F)cc5)cc4)nn3)cc2)cc1. The van der Waals surface area contributed by atoms with Gasteiger partial charge in [-0.25, -0.2) is 0 Å². The van der Waals surface area contributed by atoms with Gasteiger partial charge in [0.15, 0.2) is 0 Å². The van der Waals surface area contributed by atoms with Gasteiger partial charge in [0.1, 0.15) is 0 Å². The lowest BCUT2D eigenvalue weighted by molar-refractivity contribution is -0.138. The van der Waals surface area contributed by atoms with E-state index in [4.69, 9.17) is 0 Å². The van der Waals surface area contributed by atoms with Gasteiger partial charge >= 0.3 is 12.4 Å². The second-order valence-corrected chi connectivity index (χ2v) is 8.35. The van der Waals surface area contributed by atoms with Crippen LogP contribution in [0.1, 0.15) is 11.1 Å². The monoisotopic (exact) mass is 522 g/mol. The first-order valence-electron chi connectivity index (χ1n) is 11.2. The average molecular weight is 522 g/mol. The van der Waals surface area contributed by atoms with Gasteiger partial charge in [0.05, 0.1) is 11.1 Å². The molecule has 5 aromatic rings. The number of hydrogen-bond acceptors (Lipinski definition) is 4. The summed E-state index contributed by atoms with van der Waals surface area (Å²) < 4.78 is 76.7. The first-order chi connectivity index (χ1) is 18.1. The second-order valence-electron chi connectivity index (χ2n) is 8.35. The van der Waals surface area contributed by atoms with Crippen LogP contribution in [-0.4, -0.2) is 20.4 Å². The fourth-order valence-corrected chi connectivity index (χ4v) is 3.79.